The molecule has 1 aromatic carbocycles. The van der Waals surface area contributed by atoms with Gasteiger partial charge in [0.1, 0.15) is 0 Å². The molecule has 2 saturated heterocycles. The van der Waals surface area contributed by atoms with Gasteiger partial charge in [0, 0.05) is 44.8 Å². The van der Waals surface area contributed by atoms with E-state index in [-0.39, 0.29) is 5.41 Å². The minimum atomic E-state index is -3.18. The molecule has 6 nitrogen and oxygen atoms in total. The van der Waals surface area contributed by atoms with Gasteiger partial charge in [0.2, 0.25) is 10.0 Å². The number of aromatic nitrogens is 2. The van der Waals surface area contributed by atoms with E-state index in [9.17, 15) is 8.42 Å². The molecule has 3 heterocycles. The van der Waals surface area contributed by atoms with Crippen LogP contribution in [-0.2, 0) is 29.0 Å². The van der Waals surface area contributed by atoms with E-state index in [1.54, 1.807) is 4.31 Å². The van der Waals surface area contributed by atoms with Crippen molar-refractivity contribution in [1.82, 2.24) is 18.8 Å². The van der Waals surface area contributed by atoms with Crippen LogP contribution in [0.25, 0.3) is 0 Å². The number of piperidine rings is 1. The fourth-order valence-corrected chi connectivity index (χ4v) is 5.52. The van der Waals surface area contributed by atoms with Crippen LogP contribution in [0.5, 0.6) is 0 Å². The minimum absolute atomic E-state index is 0.0761. The Kier molecular flexibility index (Phi) is 4.41. The molecule has 26 heavy (non-hydrogen) atoms. The third kappa shape index (κ3) is 3.08. The molecular weight excluding hydrogens is 348 g/mol. The van der Waals surface area contributed by atoms with Gasteiger partial charge in [0.25, 0.3) is 0 Å². The maximum atomic E-state index is 12.2. The normalized spacial score (nSPS) is 27.5. The fourth-order valence-electron chi connectivity index (χ4n) is 4.61. The number of likely N-dealkylation sites (tertiary alicyclic amines) is 1. The summed E-state index contributed by atoms with van der Waals surface area (Å²) in [5.74, 6) is 0.307. The number of hydrogen-bond donors (Lipinski definition) is 0. The molecule has 1 aromatic heterocycles. The van der Waals surface area contributed by atoms with Crippen molar-refractivity contribution in [3.05, 3.63) is 54.1 Å². The lowest BCUT2D eigenvalue weighted by atomic mass is 9.68. The third-order valence-electron chi connectivity index (χ3n) is 6.14. The molecule has 0 aliphatic carbocycles. The number of hydrogen-bond acceptors (Lipinski definition) is 4. The summed E-state index contributed by atoms with van der Waals surface area (Å²) in [6, 6.07) is 10.5. The van der Waals surface area contributed by atoms with Crippen LogP contribution in [0.4, 0.5) is 0 Å². The number of nitrogens with zero attached hydrogens (tertiary/aromatic N) is 4. The SMILES string of the molecule is Cn1cncc1CN1CCC2(c3ccccc3)CN(S(C)(=O)=O)CC2C1. The highest BCUT2D eigenvalue weighted by Crippen LogP contribution is 2.46. The van der Waals surface area contributed by atoms with E-state index in [1.165, 1.54) is 17.5 Å². The van der Waals surface area contributed by atoms with Crippen molar-refractivity contribution in [2.24, 2.45) is 13.0 Å². The van der Waals surface area contributed by atoms with Crippen LogP contribution in [0.1, 0.15) is 17.7 Å². The Morgan fingerprint density at radius 3 is 2.65 bits per heavy atom. The molecule has 0 radical (unpaired) electrons. The van der Waals surface area contributed by atoms with Crippen molar-refractivity contribution in [3.8, 4) is 0 Å². The number of imidazole rings is 1. The number of rotatable bonds is 4. The van der Waals surface area contributed by atoms with Crippen LogP contribution in [0, 0.1) is 5.92 Å². The van der Waals surface area contributed by atoms with Crippen molar-refractivity contribution in [2.75, 3.05) is 32.4 Å². The summed E-state index contributed by atoms with van der Waals surface area (Å²) in [7, 11) is -1.16. The quantitative estimate of drug-likeness (QED) is 0.813. The van der Waals surface area contributed by atoms with E-state index in [4.69, 9.17) is 0 Å². The van der Waals surface area contributed by atoms with Gasteiger partial charge in [-0.05, 0) is 24.4 Å². The molecule has 2 aliphatic rings. The summed E-state index contributed by atoms with van der Waals surface area (Å²) in [6.45, 7) is 3.94. The molecule has 0 spiro atoms. The van der Waals surface area contributed by atoms with Gasteiger partial charge in [0.05, 0.1) is 18.3 Å². The summed E-state index contributed by atoms with van der Waals surface area (Å²) in [4.78, 5) is 6.65. The van der Waals surface area contributed by atoms with Gasteiger partial charge in [-0.1, -0.05) is 30.3 Å². The highest BCUT2D eigenvalue weighted by atomic mass is 32.2. The highest BCUT2D eigenvalue weighted by molar-refractivity contribution is 7.88. The van der Waals surface area contributed by atoms with Gasteiger partial charge < -0.3 is 4.57 Å². The average molecular weight is 375 g/mol. The molecule has 4 rings (SSSR count). The van der Waals surface area contributed by atoms with Crippen molar-refractivity contribution in [1.29, 1.82) is 0 Å². The summed E-state index contributed by atoms with van der Waals surface area (Å²) >= 11 is 0. The van der Waals surface area contributed by atoms with Crippen LogP contribution in [-0.4, -0.2) is 59.6 Å². The summed E-state index contributed by atoms with van der Waals surface area (Å²) in [6.07, 6.45) is 6.05. The first-order valence-corrected chi connectivity index (χ1v) is 10.9. The van der Waals surface area contributed by atoms with Crippen LogP contribution in [0.3, 0.4) is 0 Å². The molecule has 2 fully saturated rings. The Bertz CT molecular complexity index is 880. The molecule has 0 bridgehead atoms. The summed E-state index contributed by atoms with van der Waals surface area (Å²) < 4.78 is 28.2. The molecule has 140 valence electrons. The first kappa shape index (κ1) is 17.7. The molecule has 2 atom stereocenters. The molecule has 7 heteroatoms. The average Bonchev–Trinajstić information content (AvgIpc) is 3.20. The standard InChI is InChI=1S/C19H26N4O2S/c1-21-15-20-10-18(21)13-22-9-8-19(16-6-4-3-5-7-16)14-23(26(2,24)25)12-17(19)11-22/h3-7,10,15,17H,8-9,11-14H2,1-2H3. The Labute approximate surface area is 155 Å². The number of sulfonamides is 1. The minimum Gasteiger partial charge on any atom is -0.337 e. The second kappa shape index (κ2) is 6.48. The van der Waals surface area contributed by atoms with E-state index in [2.05, 4.69) is 38.7 Å². The van der Waals surface area contributed by atoms with Crippen LogP contribution in [0.2, 0.25) is 0 Å². The molecular formula is C19H26N4O2S. The second-order valence-corrected chi connectivity index (χ2v) is 9.74. The Morgan fingerprint density at radius 1 is 1.23 bits per heavy atom. The van der Waals surface area contributed by atoms with Gasteiger partial charge in [-0.2, -0.15) is 0 Å². The maximum Gasteiger partial charge on any atom is 0.211 e. The van der Waals surface area contributed by atoms with Crippen molar-refractivity contribution in [3.63, 3.8) is 0 Å². The molecule has 2 aromatic rings. The second-order valence-electron chi connectivity index (χ2n) is 7.76. The molecule has 2 unspecified atom stereocenters. The van der Waals surface area contributed by atoms with E-state index in [0.29, 0.717) is 19.0 Å². The first-order chi connectivity index (χ1) is 12.4. The van der Waals surface area contributed by atoms with Gasteiger partial charge in [0.15, 0.2) is 0 Å². The largest absolute Gasteiger partial charge is 0.337 e. The van der Waals surface area contributed by atoms with E-state index in [0.717, 1.165) is 26.1 Å². The molecule has 0 amide bonds. The van der Waals surface area contributed by atoms with E-state index in [1.807, 2.05) is 25.6 Å². The topological polar surface area (TPSA) is 58.4 Å². The van der Waals surface area contributed by atoms with Crippen LogP contribution < -0.4 is 0 Å². The fraction of sp³-hybridized carbons (Fsp3) is 0.526. The van der Waals surface area contributed by atoms with Crippen LogP contribution in [0.15, 0.2) is 42.9 Å². The molecule has 2 aliphatic heterocycles. The van der Waals surface area contributed by atoms with E-state index >= 15 is 0 Å². The van der Waals surface area contributed by atoms with Gasteiger partial charge in [-0.3, -0.25) is 4.90 Å². The first-order valence-electron chi connectivity index (χ1n) is 9.07. The lowest BCUT2D eigenvalue weighted by Gasteiger charge is -2.44. The van der Waals surface area contributed by atoms with Gasteiger partial charge >= 0.3 is 0 Å². The predicted molar refractivity (Wildman–Crippen MR) is 101 cm³/mol. The monoisotopic (exact) mass is 374 g/mol. The Balaban J connectivity index is 1.62. The number of fused-ring (bicyclic) bond motifs is 1. The Hall–Kier alpha value is -1.70. The maximum absolute atomic E-state index is 12.2. The summed E-state index contributed by atoms with van der Waals surface area (Å²) in [5, 5.41) is 0. The van der Waals surface area contributed by atoms with Crippen molar-refractivity contribution >= 4 is 10.0 Å². The number of aryl methyl sites for hydroxylation is 1. The zero-order chi connectivity index (χ0) is 18.4. The Morgan fingerprint density at radius 2 is 2.00 bits per heavy atom. The van der Waals surface area contributed by atoms with Crippen molar-refractivity contribution in [2.45, 2.75) is 18.4 Å². The zero-order valence-electron chi connectivity index (χ0n) is 15.4. The lowest BCUT2D eigenvalue weighted by molar-refractivity contribution is 0.115. The van der Waals surface area contributed by atoms with Crippen molar-refractivity contribution < 1.29 is 8.42 Å². The predicted octanol–water partition coefficient (Wildman–Crippen LogP) is 1.46. The lowest BCUT2D eigenvalue weighted by Crippen LogP contribution is -2.49. The molecule has 0 N–H and O–H groups in total. The summed E-state index contributed by atoms with van der Waals surface area (Å²) in [5.41, 5.74) is 2.39. The molecule has 0 saturated carbocycles. The third-order valence-corrected chi connectivity index (χ3v) is 7.35. The number of benzene rings is 1. The zero-order valence-corrected chi connectivity index (χ0v) is 16.2. The van der Waals surface area contributed by atoms with Crippen LogP contribution >= 0.6 is 0 Å². The van der Waals surface area contributed by atoms with E-state index < -0.39 is 10.0 Å². The van der Waals surface area contributed by atoms with Gasteiger partial charge in [-0.15, -0.1) is 0 Å². The smallest absolute Gasteiger partial charge is 0.211 e. The highest BCUT2D eigenvalue weighted by Gasteiger charge is 2.52. The van der Waals surface area contributed by atoms with Gasteiger partial charge in [-0.25, -0.2) is 17.7 Å².